The van der Waals surface area contributed by atoms with Crippen molar-refractivity contribution in [2.75, 3.05) is 18.0 Å². The lowest BCUT2D eigenvalue weighted by molar-refractivity contribution is 0.0955. The Balaban J connectivity index is 1.45. The van der Waals surface area contributed by atoms with Crippen LogP contribution in [0.5, 0.6) is 0 Å². The Hall–Kier alpha value is -3.34. The molecule has 0 spiro atoms. The predicted molar refractivity (Wildman–Crippen MR) is 115 cm³/mol. The molecule has 1 aliphatic heterocycles. The van der Waals surface area contributed by atoms with Crippen LogP contribution in [0.4, 0.5) is 5.69 Å². The number of carbonyl (C=O) groups is 1. The zero-order valence-corrected chi connectivity index (χ0v) is 15.8. The van der Waals surface area contributed by atoms with Gasteiger partial charge in [-0.3, -0.25) is 4.79 Å². The Morgan fingerprint density at radius 3 is 2.61 bits per heavy atom. The number of nitrogens with one attached hydrogen (secondary N) is 1. The second-order valence-corrected chi connectivity index (χ2v) is 6.98. The molecule has 0 radical (unpaired) electrons. The highest BCUT2D eigenvalue weighted by Crippen LogP contribution is 2.21. The lowest BCUT2D eigenvalue weighted by Crippen LogP contribution is -2.19. The van der Waals surface area contributed by atoms with Crippen LogP contribution in [0.25, 0.3) is 10.9 Å². The molecule has 5 nitrogen and oxygen atoms in total. The van der Waals surface area contributed by atoms with Gasteiger partial charge in [-0.1, -0.05) is 24.3 Å². The minimum atomic E-state index is -0.209. The zero-order chi connectivity index (χ0) is 19.3. The molecule has 3 aromatic rings. The molecule has 5 heteroatoms. The monoisotopic (exact) mass is 372 g/mol. The van der Waals surface area contributed by atoms with Gasteiger partial charge in [-0.15, -0.1) is 6.58 Å². The van der Waals surface area contributed by atoms with E-state index in [1.807, 2.05) is 48.7 Å². The molecule has 1 N–H and O–H groups in total. The van der Waals surface area contributed by atoms with Gasteiger partial charge in [0.15, 0.2) is 0 Å². The van der Waals surface area contributed by atoms with Crippen molar-refractivity contribution in [3.8, 4) is 0 Å². The summed E-state index contributed by atoms with van der Waals surface area (Å²) in [5.41, 5.74) is 6.49. The van der Waals surface area contributed by atoms with Crippen LogP contribution in [-0.2, 0) is 6.54 Å². The number of benzene rings is 2. The first-order chi connectivity index (χ1) is 13.8. The van der Waals surface area contributed by atoms with Gasteiger partial charge in [-0.25, -0.2) is 5.43 Å². The average Bonchev–Trinajstić information content (AvgIpc) is 3.38. The van der Waals surface area contributed by atoms with Gasteiger partial charge < -0.3 is 9.47 Å². The van der Waals surface area contributed by atoms with E-state index in [0.29, 0.717) is 5.56 Å². The van der Waals surface area contributed by atoms with Crippen LogP contribution in [0.1, 0.15) is 28.8 Å². The van der Waals surface area contributed by atoms with E-state index in [4.69, 9.17) is 0 Å². The molecule has 0 bridgehead atoms. The number of aromatic nitrogens is 1. The third-order valence-electron chi connectivity index (χ3n) is 5.12. The summed E-state index contributed by atoms with van der Waals surface area (Å²) in [6.07, 6.45) is 8.05. The maximum absolute atomic E-state index is 12.4. The van der Waals surface area contributed by atoms with E-state index >= 15 is 0 Å². The van der Waals surface area contributed by atoms with Crippen LogP contribution in [-0.4, -0.2) is 29.8 Å². The second-order valence-electron chi connectivity index (χ2n) is 6.98. The van der Waals surface area contributed by atoms with Crippen LogP contribution in [0.2, 0.25) is 0 Å². The van der Waals surface area contributed by atoms with Crippen LogP contribution in [0, 0.1) is 0 Å². The lowest BCUT2D eigenvalue weighted by atomic mass is 10.2. The number of anilines is 1. The molecule has 1 fully saturated rings. The van der Waals surface area contributed by atoms with Crippen molar-refractivity contribution in [1.29, 1.82) is 0 Å². The fourth-order valence-electron chi connectivity index (χ4n) is 3.69. The number of hydrogen-bond acceptors (Lipinski definition) is 3. The molecular weight excluding hydrogens is 348 g/mol. The molecule has 1 saturated heterocycles. The maximum Gasteiger partial charge on any atom is 0.271 e. The molecule has 28 heavy (non-hydrogen) atoms. The Labute approximate surface area is 165 Å². The van der Waals surface area contributed by atoms with Crippen LogP contribution < -0.4 is 10.3 Å². The standard InChI is InChI=1S/C23H24N4O/c1-2-13-27-17-19(21-7-3-4-8-22(21)27)16-24-25-23(28)18-9-11-20(12-10-18)26-14-5-6-15-26/h2-4,7-12,16-17H,1,5-6,13-15H2,(H,25,28)/b24-16-. The van der Waals surface area contributed by atoms with Gasteiger partial charge in [-0.2, -0.15) is 5.10 Å². The number of para-hydroxylation sites is 1. The van der Waals surface area contributed by atoms with Crippen molar-refractivity contribution in [2.24, 2.45) is 5.10 Å². The van der Waals surface area contributed by atoms with Crippen LogP contribution in [0.3, 0.4) is 0 Å². The van der Waals surface area contributed by atoms with E-state index in [0.717, 1.165) is 36.1 Å². The fourth-order valence-corrected chi connectivity index (χ4v) is 3.69. The average molecular weight is 372 g/mol. The number of fused-ring (bicyclic) bond motifs is 1. The summed E-state index contributed by atoms with van der Waals surface area (Å²) < 4.78 is 2.11. The number of rotatable bonds is 6. The maximum atomic E-state index is 12.4. The molecule has 1 aromatic heterocycles. The molecule has 0 saturated carbocycles. The first kappa shape index (κ1) is 18.0. The third-order valence-corrected chi connectivity index (χ3v) is 5.12. The van der Waals surface area contributed by atoms with Crippen molar-refractivity contribution >= 4 is 28.7 Å². The minimum absolute atomic E-state index is 0.209. The first-order valence-electron chi connectivity index (χ1n) is 9.63. The Morgan fingerprint density at radius 2 is 1.86 bits per heavy atom. The molecule has 2 heterocycles. The Bertz CT molecular complexity index is 1010. The van der Waals surface area contributed by atoms with Gasteiger partial charge in [0.2, 0.25) is 0 Å². The van der Waals surface area contributed by atoms with E-state index in [-0.39, 0.29) is 5.91 Å². The van der Waals surface area contributed by atoms with Gasteiger partial charge in [-0.05, 0) is 43.2 Å². The summed E-state index contributed by atoms with van der Waals surface area (Å²) in [7, 11) is 0. The molecule has 0 unspecified atom stereocenters. The highest BCUT2D eigenvalue weighted by molar-refractivity contribution is 6.00. The van der Waals surface area contributed by atoms with Gasteiger partial charge in [0.1, 0.15) is 0 Å². The van der Waals surface area contributed by atoms with Gasteiger partial charge in [0.05, 0.1) is 6.21 Å². The topological polar surface area (TPSA) is 49.6 Å². The molecule has 142 valence electrons. The Kier molecular flexibility index (Phi) is 5.24. The number of hydrazone groups is 1. The SMILES string of the molecule is C=CCn1cc(/C=N\NC(=O)c2ccc(N3CCCC3)cc2)c2ccccc21. The summed E-state index contributed by atoms with van der Waals surface area (Å²) in [5.74, 6) is -0.209. The van der Waals surface area contributed by atoms with Crippen molar-refractivity contribution in [3.05, 3.63) is 78.5 Å². The van der Waals surface area contributed by atoms with Crippen LogP contribution in [0.15, 0.2) is 72.5 Å². The van der Waals surface area contributed by atoms with E-state index in [9.17, 15) is 4.79 Å². The van der Waals surface area contributed by atoms with E-state index in [1.165, 1.54) is 18.5 Å². The normalized spacial score (nSPS) is 14.1. The lowest BCUT2D eigenvalue weighted by Gasteiger charge is -2.17. The van der Waals surface area contributed by atoms with E-state index < -0.39 is 0 Å². The third kappa shape index (κ3) is 3.69. The predicted octanol–water partition coefficient (Wildman–Crippen LogP) is 4.19. The van der Waals surface area contributed by atoms with Crippen molar-refractivity contribution in [2.45, 2.75) is 19.4 Å². The van der Waals surface area contributed by atoms with Gasteiger partial charge >= 0.3 is 0 Å². The molecular formula is C23H24N4O. The highest BCUT2D eigenvalue weighted by Gasteiger charge is 2.13. The quantitative estimate of drug-likeness (QED) is 0.401. The van der Waals surface area contributed by atoms with Crippen LogP contribution >= 0.6 is 0 Å². The smallest absolute Gasteiger partial charge is 0.271 e. The molecule has 0 atom stereocenters. The molecule has 1 amide bonds. The number of hydrogen-bond donors (Lipinski definition) is 1. The van der Waals surface area contributed by atoms with Gasteiger partial charge in [0.25, 0.3) is 5.91 Å². The minimum Gasteiger partial charge on any atom is -0.372 e. The summed E-state index contributed by atoms with van der Waals surface area (Å²) >= 11 is 0. The summed E-state index contributed by atoms with van der Waals surface area (Å²) in [5, 5.41) is 5.26. The van der Waals surface area contributed by atoms with E-state index in [2.05, 4.69) is 38.7 Å². The molecule has 1 aliphatic rings. The molecule has 2 aromatic carbocycles. The van der Waals surface area contributed by atoms with E-state index in [1.54, 1.807) is 6.21 Å². The fraction of sp³-hybridized carbons (Fsp3) is 0.217. The molecule has 4 rings (SSSR count). The number of amides is 1. The van der Waals surface area contributed by atoms with Crippen molar-refractivity contribution < 1.29 is 4.79 Å². The number of allylic oxidation sites excluding steroid dienone is 1. The van der Waals surface area contributed by atoms with Crippen molar-refractivity contribution in [3.63, 3.8) is 0 Å². The number of carbonyl (C=O) groups excluding carboxylic acids is 1. The summed E-state index contributed by atoms with van der Waals surface area (Å²) in [4.78, 5) is 14.7. The zero-order valence-electron chi connectivity index (χ0n) is 15.8. The first-order valence-corrected chi connectivity index (χ1v) is 9.63. The Morgan fingerprint density at radius 1 is 1.11 bits per heavy atom. The second kappa shape index (κ2) is 8.13. The largest absolute Gasteiger partial charge is 0.372 e. The molecule has 0 aliphatic carbocycles. The van der Waals surface area contributed by atoms with Crippen molar-refractivity contribution in [1.82, 2.24) is 9.99 Å². The number of nitrogens with zero attached hydrogens (tertiary/aromatic N) is 3. The summed E-state index contributed by atoms with van der Waals surface area (Å²) in [6, 6.07) is 15.9. The highest BCUT2D eigenvalue weighted by atomic mass is 16.2. The van der Waals surface area contributed by atoms with Gasteiger partial charge in [0, 0.05) is 53.5 Å². The summed E-state index contributed by atoms with van der Waals surface area (Å²) in [6.45, 7) is 6.72.